The molecule has 0 radical (unpaired) electrons. The molecule has 0 aliphatic carbocycles. The van der Waals surface area contributed by atoms with E-state index in [2.05, 4.69) is 73.7 Å². The normalized spacial score (nSPS) is 11.0. The molecule has 3 rings (SSSR count). The van der Waals surface area contributed by atoms with Gasteiger partial charge in [-0.15, -0.1) is 0 Å². The lowest BCUT2D eigenvalue weighted by molar-refractivity contribution is 0.793. The van der Waals surface area contributed by atoms with Gasteiger partial charge in [0, 0.05) is 0 Å². The van der Waals surface area contributed by atoms with Crippen molar-refractivity contribution >= 4 is 10.8 Å². The van der Waals surface area contributed by atoms with Crippen molar-refractivity contribution < 1.29 is 0 Å². The van der Waals surface area contributed by atoms with Crippen molar-refractivity contribution in [1.29, 1.82) is 0 Å². The highest BCUT2D eigenvalue weighted by Gasteiger charge is 2.00. The van der Waals surface area contributed by atoms with Crippen molar-refractivity contribution in [1.82, 2.24) is 0 Å². The van der Waals surface area contributed by atoms with Crippen LogP contribution in [0, 0.1) is 0 Å². The number of unbranched alkanes of at least 4 members (excludes halogenated alkanes) is 1. The fraction of sp³-hybridized carbons (Fsp3) is 0.273. The van der Waals surface area contributed by atoms with E-state index in [0.29, 0.717) is 0 Å². The Morgan fingerprint density at radius 1 is 0.591 bits per heavy atom. The first kappa shape index (κ1) is 14.8. The number of aryl methyl sites for hydroxylation is 3. The van der Waals surface area contributed by atoms with E-state index < -0.39 is 0 Å². The summed E-state index contributed by atoms with van der Waals surface area (Å²) < 4.78 is 0. The smallest absolute Gasteiger partial charge is 0.0181 e. The molecular formula is C22H24. The van der Waals surface area contributed by atoms with Gasteiger partial charge in [-0.2, -0.15) is 0 Å². The van der Waals surface area contributed by atoms with Crippen LogP contribution in [-0.4, -0.2) is 0 Å². The van der Waals surface area contributed by atoms with Gasteiger partial charge < -0.3 is 0 Å². The maximum absolute atomic E-state index is 2.39. The van der Waals surface area contributed by atoms with Gasteiger partial charge in [0.15, 0.2) is 0 Å². The second kappa shape index (κ2) is 7.26. The summed E-state index contributed by atoms with van der Waals surface area (Å²) in [7, 11) is 0. The largest absolute Gasteiger partial charge is 0.0654 e. The van der Waals surface area contributed by atoms with Crippen LogP contribution >= 0.6 is 0 Å². The Balaban J connectivity index is 1.68. The summed E-state index contributed by atoms with van der Waals surface area (Å²) in [6.07, 6.45) is 6.00. The average molecular weight is 288 g/mol. The Kier molecular flexibility index (Phi) is 4.90. The van der Waals surface area contributed by atoms with Crippen LogP contribution in [0.25, 0.3) is 10.8 Å². The zero-order chi connectivity index (χ0) is 15.2. The van der Waals surface area contributed by atoms with Crippen LogP contribution in [0.1, 0.15) is 36.5 Å². The first-order valence-electron chi connectivity index (χ1n) is 8.40. The summed E-state index contributed by atoms with van der Waals surface area (Å²) in [4.78, 5) is 0. The van der Waals surface area contributed by atoms with E-state index in [1.54, 1.807) is 0 Å². The molecule has 0 heterocycles. The van der Waals surface area contributed by atoms with Crippen LogP contribution in [0.4, 0.5) is 0 Å². The van der Waals surface area contributed by atoms with Crippen molar-refractivity contribution in [2.45, 2.75) is 39.0 Å². The fourth-order valence-electron chi connectivity index (χ4n) is 3.00. The average Bonchev–Trinajstić information content (AvgIpc) is 2.58. The summed E-state index contributed by atoms with van der Waals surface area (Å²) in [5.41, 5.74) is 4.37. The predicted octanol–water partition coefficient (Wildman–Crippen LogP) is 5.97. The highest BCUT2D eigenvalue weighted by molar-refractivity contribution is 5.82. The SMILES string of the molecule is CCCCc1cccc(CCc2ccc3ccccc3c2)c1. The van der Waals surface area contributed by atoms with Gasteiger partial charge in [-0.3, -0.25) is 0 Å². The third-order valence-corrected chi connectivity index (χ3v) is 4.33. The minimum absolute atomic E-state index is 1.11. The van der Waals surface area contributed by atoms with E-state index in [9.17, 15) is 0 Å². The molecule has 0 heteroatoms. The van der Waals surface area contributed by atoms with Crippen LogP contribution in [0.15, 0.2) is 66.7 Å². The van der Waals surface area contributed by atoms with Crippen LogP contribution in [0.5, 0.6) is 0 Å². The lowest BCUT2D eigenvalue weighted by Gasteiger charge is -2.06. The number of fused-ring (bicyclic) bond motifs is 1. The Morgan fingerprint density at radius 3 is 2.05 bits per heavy atom. The molecule has 0 unspecified atom stereocenters. The lowest BCUT2D eigenvalue weighted by atomic mass is 9.99. The molecule has 3 aromatic rings. The van der Waals surface area contributed by atoms with E-state index in [0.717, 1.165) is 12.8 Å². The van der Waals surface area contributed by atoms with E-state index in [1.165, 1.54) is 46.7 Å². The second-order valence-electron chi connectivity index (χ2n) is 6.11. The van der Waals surface area contributed by atoms with Crippen LogP contribution in [-0.2, 0) is 19.3 Å². The third-order valence-electron chi connectivity index (χ3n) is 4.33. The molecule has 112 valence electrons. The molecule has 0 bridgehead atoms. The molecule has 0 atom stereocenters. The molecule has 0 aliphatic heterocycles. The number of hydrogen-bond acceptors (Lipinski definition) is 0. The lowest BCUT2D eigenvalue weighted by Crippen LogP contribution is -1.93. The van der Waals surface area contributed by atoms with Crippen molar-refractivity contribution in [2.75, 3.05) is 0 Å². The molecule has 0 N–H and O–H groups in total. The molecule has 22 heavy (non-hydrogen) atoms. The van der Waals surface area contributed by atoms with Gasteiger partial charge in [0.2, 0.25) is 0 Å². The summed E-state index contributed by atoms with van der Waals surface area (Å²) >= 11 is 0. The van der Waals surface area contributed by atoms with Gasteiger partial charge in [0.05, 0.1) is 0 Å². The first-order valence-corrected chi connectivity index (χ1v) is 8.40. The summed E-state index contributed by atoms with van der Waals surface area (Å²) in [6.45, 7) is 2.25. The first-order chi connectivity index (χ1) is 10.8. The molecule has 0 spiro atoms. The van der Waals surface area contributed by atoms with Crippen molar-refractivity contribution in [3.05, 3.63) is 83.4 Å². The second-order valence-corrected chi connectivity index (χ2v) is 6.11. The standard InChI is InChI=1S/C22H24/c1-2-3-7-18-8-6-9-19(16-18)12-13-20-14-15-21-10-4-5-11-22(21)17-20/h4-6,8-11,14-17H,2-3,7,12-13H2,1H3. The Bertz CT molecular complexity index is 740. The zero-order valence-corrected chi connectivity index (χ0v) is 13.4. The van der Waals surface area contributed by atoms with Crippen LogP contribution < -0.4 is 0 Å². The minimum atomic E-state index is 1.11. The predicted molar refractivity (Wildman–Crippen MR) is 96.4 cm³/mol. The number of rotatable bonds is 6. The van der Waals surface area contributed by atoms with E-state index in [4.69, 9.17) is 0 Å². The highest BCUT2D eigenvalue weighted by Crippen LogP contribution is 2.17. The van der Waals surface area contributed by atoms with E-state index >= 15 is 0 Å². The highest BCUT2D eigenvalue weighted by atomic mass is 14.1. The number of benzene rings is 3. The molecule has 0 saturated heterocycles. The molecule has 0 nitrogen and oxygen atoms in total. The summed E-state index contributed by atoms with van der Waals surface area (Å²) in [5.74, 6) is 0. The topological polar surface area (TPSA) is 0 Å². The summed E-state index contributed by atoms with van der Waals surface area (Å²) in [6, 6.07) is 24.5. The molecule has 0 aromatic heterocycles. The molecule has 0 aliphatic rings. The van der Waals surface area contributed by atoms with Crippen LogP contribution in [0.3, 0.4) is 0 Å². The fourth-order valence-corrected chi connectivity index (χ4v) is 3.00. The van der Waals surface area contributed by atoms with E-state index in [-0.39, 0.29) is 0 Å². The van der Waals surface area contributed by atoms with Crippen molar-refractivity contribution in [2.24, 2.45) is 0 Å². The maximum atomic E-state index is 2.39. The van der Waals surface area contributed by atoms with Gasteiger partial charge in [-0.05, 0) is 53.1 Å². The van der Waals surface area contributed by atoms with Crippen molar-refractivity contribution in [3.8, 4) is 0 Å². The molecule has 0 saturated carbocycles. The maximum Gasteiger partial charge on any atom is -0.0181 e. The van der Waals surface area contributed by atoms with Gasteiger partial charge in [0.1, 0.15) is 0 Å². The number of hydrogen-bond donors (Lipinski definition) is 0. The minimum Gasteiger partial charge on any atom is -0.0654 e. The summed E-state index contributed by atoms with van der Waals surface area (Å²) in [5, 5.41) is 2.67. The van der Waals surface area contributed by atoms with Crippen molar-refractivity contribution in [3.63, 3.8) is 0 Å². The van der Waals surface area contributed by atoms with E-state index in [1.807, 2.05) is 0 Å². The molecule has 0 fully saturated rings. The monoisotopic (exact) mass is 288 g/mol. The quantitative estimate of drug-likeness (QED) is 0.524. The van der Waals surface area contributed by atoms with Gasteiger partial charge in [0.25, 0.3) is 0 Å². The molecular weight excluding hydrogens is 264 g/mol. The van der Waals surface area contributed by atoms with Gasteiger partial charge >= 0.3 is 0 Å². The van der Waals surface area contributed by atoms with Gasteiger partial charge in [-0.1, -0.05) is 80.1 Å². The van der Waals surface area contributed by atoms with Crippen LogP contribution in [0.2, 0.25) is 0 Å². The zero-order valence-electron chi connectivity index (χ0n) is 13.4. The molecule has 0 amide bonds. The van der Waals surface area contributed by atoms with Gasteiger partial charge in [-0.25, -0.2) is 0 Å². The molecule has 3 aromatic carbocycles. The Morgan fingerprint density at radius 2 is 1.27 bits per heavy atom. The Hall–Kier alpha value is -2.08. The Labute approximate surface area is 133 Å². The third kappa shape index (κ3) is 3.76.